The molecule has 0 radical (unpaired) electrons. The van der Waals surface area contributed by atoms with Crippen LogP contribution in [-0.4, -0.2) is 6.54 Å². The SMILES string of the molecule is Cc1ccccc1-c1cc(CCN)ccc1F. The lowest BCUT2D eigenvalue weighted by Crippen LogP contribution is -2.03. The number of hydrogen-bond donors (Lipinski definition) is 1. The Kier molecular flexibility index (Phi) is 3.55. The molecule has 0 atom stereocenters. The van der Waals surface area contributed by atoms with Gasteiger partial charge in [-0.3, -0.25) is 0 Å². The highest BCUT2D eigenvalue weighted by Gasteiger charge is 2.08. The van der Waals surface area contributed by atoms with Crippen LogP contribution in [0.15, 0.2) is 42.5 Å². The predicted molar refractivity (Wildman–Crippen MR) is 69.3 cm³/mol. The summed E-state index contributed by atoms with van der Waals surface area (Å²) < 4.78 is 13.8. The summed E-state index contributed by atoms with van der Waals surface area (Å²) in [5.41, 5.74) is 9.29. The maximum Gasteiger partial charge on any atom is 0.131 e. The van der Waals surface area contributed by atoms with Crippen molar-refractivity contribution in [2.45, 2.75) is 13.3 Å². The molecule has 0 saturated carbocycles. The smallest absolute Gasteiger partial charge is 0.131 e. The highest BCUT2D eigenvalue weighted by atomic mass is 19.1. The molecule has 0 bridgehead atoms. The molecule has 0 heterocycles. The van der Waals surface area contributed by atoms with Gasteiger partial charge in [0.05, 0.1) is 0 Å². The maximum absolute atomic E-state index is 13.8. The second kappa shape index (κ2) is 5.11. The molecule has 2 aromatic carbocycles. The van der Waals surface area contributed by atoms with Crippen LogP contribution in [0.1, 0.15) is 11.1 Å². The van der Waals surface area contributed by atoms with E-state index in [9.17, 15) is 4.39 Å². The van der Waals surface area contributed by atoms with Gasteiger partial charge in [0.25, 0.3) is 0 Å². The summed E-state index contributed by atoms with van der Waals surface area (Å²) >= 11 is 0. The topological polar surface area (TPSA) is 26.0 Å². The second-order valence-corrected chi connectivity index (χ2v) is 4.17. The van der Waals surface area contributed by atoms with E-state index in [1.807, 2.05) is 37.3 Å². The van der Waals surface area contributed by atoms with Gasteiger partial charge >= 0.3 is 0 Å². The van der Waals surface area contributed by atoms with E-state index in [0.29, 0.717) is 12.1 Å². The fourth-order valence-corrected chi connectivity index (χ4v) is 1.98. The fraction of sp³-hybridized carbons (Fsp3) is 0.200. The zero-order valence-electron chi connectivity index (χ0n) is 9.91. The van der Waals surface area contributed by atoms with Crippen molar-refractivity contribution in [1.82, 2.24) is 0 Å². The lowest BCUT2D eigenvalue weighted by Gasteiger charge is -2.09. The normalized spacial score (nSPS) is 10.5. The first-order valence-corrected chi connectivity index (χ1v) is 5.77. The van der Waals surface area contributed by atoms with Crippen LogP contribution in [0, 0.1) is 12.7 Å². The van der Waals surface area contributed by atoms with Gasteiger partial charge in [-0.2, -0.15) is 0 Å². The molecule has 0 saturated heterocycles. The summed E-state index contributed by atoms with van der Waals surface area (Å²) in [5, 5.41) is 0. The second-order valence-electron chi connectivity index (χ2n) is 4.17. The molecule has 0 spiro atoms. The Hall–Kier alpha value is -1.67. The van der Waals surface area contributed by atoms with Crippen molar-refractivity contribution in [3.8, 4) is 11.1 Å². The molecule has 0 fully saturated rings. The molecule has 2 rings (SSSR count). The van der Waals surface area contributed by atoms with Crippen molar-refractivity contribution in [3.05, 3.63) is 59.4 Å². The van der Waals surface area contributed by atoms with Gasteiger partial charge < -0.3 is 5.73 Å². The summed E-state index contributed by atoms with van der Waals surface area (Å²) in [7, 11) is 0. The van der Waals surface area contributed by atoms with Crippen molar-refractivity contribution < 1.29 is 4.39 Å². The Labute approximate surface area is 101 Å². The van der Waals surface area contributed by atoms with E-state index in [2.05, 4.69) is 0 Å². The molecule has 0 aliphatic rings. The first kappa shape index (κ1) is 11.8. The zero-order valence-corrected chi connectivity index (χ0v) is 9.91. The number of benzene rings is 2. The fourth-order valence-electron chi connectivity index (χ4n) is 1.98. The van der Waals surface area contributed by atoms with E-state index in [1.54, 1.807) is 6.07 Å². The van der Waals surface area contributed by atoms with Gasteiger partial charge in [-0.15, -0.1) is 0 Å². The third-order valence-corrected chi connectivity index (χ3v) is 2.90. The summed E-state index contributed by atoms with van der Waals surface area (Å²) in [6.45, 7) is 2.57. The van der Waals surface area contributed by atoms with Gasteiger partial charge in [0, 0.05) is 5.56 Å². The van der Waals surface area contributed by atoms with Crippen LogP contribution in [0.4, 0.5) is 4.39 Å². The molecule has 1 nitrogen and oxygen atoms in total. The minimum Gasteiger partial charge on any atom is -0.330 e. The largest absolute Gasteiger partial charge is 0.330 e. The Bertz CT molecular complexity index is 520. The average molecular weight is 229 g/mol. The van der Waals surface area contributed by atoms with Crippen LogP contribution in [-0.2, 0) is 6.42 Å². The van der Waals surface area contributed by atoms with Gasteiger partial charge in [-0.05, 0) is 48.7 Å². The number of nitrogens with two attached hydrogens (primary N) is 1. The first-order chi connectivity index (χ1) is 8.22. The molecule has 88 valence electrons. The van der Waals surface area contributed by atoms with Crippen molar-refractivity contribution in [2.75, 3.05) is 6.54 Å². The molecule has 17 heavy (non-hydrogen) atoms. The minimum atomic E-state index is -0.180. The standard InChI is InChI=1S/C15H16FN/c1-11-4-2-3-5-13(11)14-10-12(8-9-17)6-7-15(14)16/h2-7,10H,8-9,17H2,1H3. The molecule has 0 aliphatic carbocycles. The van der Waals surface area contributed by atoms with Crippen LogP contribution in [0.5, 0.6) is 0 Å². The van der Waals surface area contributed by atoms with Crippen molar-refractivity contribution in [2.24, 2.45) is 5.73 Å². The Morgan fingerprint density at radius 2 is 1.82 bits per heavy atom. The van der Waals surface area contributed by atoms with E-state index in [1.165, 1.54) is 6.07 Å². The Morgan fingerprint density at radius 1 is 1.06 bits per heavy atom. The molecule has 0 unspecified atom stereocenters. The number of halogens is 1. The van der Waals surface area contributed by atoms with Crippen LogP contribution >= 0.6 is 0 Å². The Balaban J connectivity index is 2.51. The zero-order chi connectivity index (χ0) is 12.3. The van der Waals surface area contributed by atoms with Crippen molar-refractivity contribution in [1.29, 1.82) is 0 Å². The lowest BCUT2D eigenvalue weighted by atomic mass is 9.97. The van der Waals surface area contributed by atoms with E-state index in [0.717, 1.165) is 23.1 Å². The molecular weight excluding hydrogens is 213 g/mol. The van der Waals surface area contributed by atoms with Crippen LogP contribution in [0.2, 0.25) is 0 Å². The monoisotopic (exact) mass is 229 g/mol. The Morgan fingerprint density at radius 3 is 2.53 bits per heavy atom. The molecular formula is C15H16FN. The molecule has 0 aromatic heterocycles. The molecule has 2 heteroatoms. The minimum absolute atomic E-state index is 0.180. The molecule has 2 N–H and O–H groups in total. The number of hydrogen-bond acceptors (Lipinski definition) is 1. The van der Waals surface area contributed by atoms with Crippen LogP contribution in [0.25, 0.3) is 11.1 Å². The summed E-state index contributed by atoms with van der Waals surface area (Å²) in [4.78, 5) is 0. The van der Waals surface area contributed by atoms with Gasteiger partial charge in [0.1, 0.15) is 5.82 Å². The van der Waals surface area contributed by atoms with Gasteiger partial charge in [0.2, 0.25) is 0 Å². The van der Waals surface area contributed by atoms with Crippen molar-refractivity contribution in [3.63, 3.8) is 0 Å². The first-order valence-electron chi connectivity index (χ1n) is 5.77. The molecule has 0 aliphatic heterocycles. The highest BCUT2D eigenvalue weighted by molar-refractivity contribution is 5.68. The van der Waals surface area contributed by atoms with Gasteiger partial charge in [-0.1, -0.05) is 30.3 Å². The lowest BCUT2D eigenvalue weighted by molar-refractivity contribution is 0.630. The van der Waals surface area contributed by atoms with Gasteiger partial charge in [0.15, 0.2) is 0 Å². The van der Waals surface area contributed by atoms with Crippen LogP contribution in [0.3, 0.4) is 0 Å². The van der Waals surface area contributed by atoms with E-state index >= 15 is 0 Å². The quantitative estimate of drug-likeness (QED) is 0.858. The number of rotatable bonds is 3. The molecule has 2 aromatic rings. The summed E-state index contributed by atoms with van der Waals surface area (Å²) in [6.07, 6.45) is 0.777. The highest BCUT2D eigenvalue weighted by Crippen LogP contribution is 2.26. The summed E-state index contributed by atoms with van der Waals surface area (Å²) in [5.74, 6) is -0.180. The summed E-state index contributed by atoms with van der Waals surface area (Å²) in [6, 6.07) is 13.0. The van der Waals surface area contributed by atoms with Gasteiger partial charge in [-0.25, -0.2) is 4.39 Å². The maximum atomic E-state index is 13.8. The average Bonchev–Trinajstić information content (AvgIpc) is 2.33. The molecule has 0 amide bonds. The number of aryl methyl sites for hydroxylation is 1. The third-order valence-electron chi connectivity index (χ3n) is 2.90. The van der Waals surface area contributed by atoms with E-state index < -0.39 is 0 Å². The van der Waals surface area contributed by atoms with Crippen molar-refractivity contribution >= 4 is 0 Å². The predicted octanol–water partition coefficient (Wildman–Crippen LogP) is 3.30. The van der Waals surface area contributed by atoms with E-state index in [4.69, 9.17) is 5.73 Å². The van der Waals surface area contributed by atoms with E-state index in [-0.39, 0.29) is 5.82 Å². The van der Waals surface area contributed by atoms with Crippen LogP contribution < -0.4 is 5.73 Å². The third kappa shape index (κ3) is 2.53.